The molecule has 0 saturated heterocycles. The minimum absolute atomic E-state index is 0.127. The number of carbonyl (C=O) groups is 1. The summed E-state index contributed by atoms with van der Waals surface area (Å²) in [6.45, 7) is 0.230. The molecule has 1 amide bonds. The maximum absolute atomic E-state index is 13.9. The van der Waals surface area contributed by atoms with Gasteiger partial charge in [-0.3, -0.25) is 4.79 Å². The van der Waals surface area contributed by atoms with E-state index in [9.17, 15) is 13.6 Å². The van der Waals surface area contributed by atoms with E-state index >= 15 is 0 Å². The Labute approximate surface area is 185 Å². The van der Waals surface area contributed by atoms with Crippen LogP contribution in [-0.2, 0) is 6.61 Å². The molecular weight excluding hydrogens is 503 g/mol. The van der Waals surface area contributed by atoms with Crippen molar-refractivity contribution in [3.05, 3.63) is 98.1 Å². The molecule has 3 rings (SSSR count). The lowest BCUT2D eigenvalue weighted by atomic mass is 10.1. The number of nitrogens with one attached hydrogen (secondary N) is 1. The quantitative estimate of drug-likeness (QED) is 0.291. The average Bonchev–Trinajstić information content (AvgIpc) is 2.73. The lowest BCUT2D eigenvalue weighted by molar-refractivity contribution is 0.0951. The van der Waals surface area contributed by atoms with Crippen molar-refractivity contribution in [1.82, 2.24) is 5.43 Å². The maximum Gasteiger partial charge on any atom is 0.274 e. The fraction of sp³-hybridized carbons (Fsp3) is 0.0455. The number of rotatable bonds is 6. The van der Waals surface area contributed by atoms with Gasteiger partial charge in [-0.1, -0.05) is 12.1 Å². The first-order chi connectivity index (χ1) is 14.5. The molecule has 30 heavy (non-hydrogen) atoms. The number of ether oxygens (including phenoxy) is 1. The van der Waals surface area contributed by atoms with Crippen LogP contribution < -0.4 is 10.2 Å². The summed E-state index contributed by atoms with van der Waals surface area (Å²) in [5.74, 6) is -1.21. The summed E-state index contributed by atoms with van der Waals surface area (Å²) >= 11 is 2.10. The standard InChI is InChI=1S/C22H14F2IN3O2/c23-17-3-1-2-16(8-17)13-30-21-7-5-15(10-20(21)25)12-27-28-22(29)18-6-4-14(11-26)9-19(18)24/h1-10,12H,13H2,(H,28,29)/b27-12-. The highest BCUT2D eigenvalue weighted by atomic mass is 127. The number of nitrogens with zero attached hydrogens (tertiary/aromatic N) is 2. The molecule has 150 valence electrons. The zero-order chi connectivity index (χ0) is 21.5. The molecule has 0 unspecified atom stereocenters. The van der Waals surface area contributed by atoms with Gasteiger partial charge in [0, 0.05) is 0 Å². The SMILES string of the molecule is N#Cc1ccc(C(=O)N/N=C\c2ccc(OCc3cccc(F)c3)c(I)c2)c(F)c1. The number of hydrogen-bond donors (Lipinski definition) is 1. The summed E-state index contributed by atoms with van der Waals surface area (Å²) in [6.07, 6.45) is 1.41. The largest absolute Gasteiger partial charge is 0.488 e. The number of amides is 1. The lowest BCUT2D eigenvalue weighted by Crippen LogP contribution is -2.19. The van der Waals surface area contributed by atoms with Gasteiger partial charge in [-0.25, -0.2) is 14.2 Å². The second-order valence-electron chi connectivity index (χ2n) is 6.11. The topological polar surface area (TPSA) is 74.5 Å². The van der Waals surface area contributed by atoms with E-state index in [2.05, 4.69) is 33.1 Å². The first-order valence-electron chi connectivity index (χ1n) is 8.66. The summed E-state index contributed by atoms with van der Waals surface area (Å²) in [4.78, 5) is 12.0. The molecule has 3 aromatic rings. The van der Waals surface area contributed by atoms with Crippen LogP contribution in [0.25, 0.3) is 0 Å². The van der Waals surface area contributed by atoms with Crippen LogP contribution in [-0.4, -0.2) is 12.1 Å². The van der Waals surface area contributed by atoms with Crippen molar-refractivity contribution in [2.24, 2.45) is 5.10 Å². The van der Waals surface area contributed by atoms with E-state index in [1.165, 1.54) is 30.5 Å². The van der Waals surface area contributed by atoms with Gasteiger partial charge in [-0.05, 0) is 82.2 Å². The summed E-state index contributed by atoms with van der Waals surface area (Å²) in [5, 5.41) is 12.6. The number of benzene rings is 3. The molecule has 0 saturated carbocycles. The molecule has 0 spiro atoms. The number of halogens is 3. The Hall–Kier alpha value is -3.32. The van der Waals surface area contributed by atoms with Gasteiger partial charge in [0.15, 0.2) is 0 Å². The van der Waals surface area contributed by atoms with Gasteiger partial charge in [0.2, 0.25) is 0 Å². The molecule has 1 N–H and O–H groups in total. The van der Waals surface area contributed by atoms with Crippen LogP contribution in [0.5, 0.6) is 5.75 Å². The zero-order valence-electron chi connectivity index (χ0n) is 15.4. The third-order valence-corrected chi connectivity index (χ3v) is 4.80. The number of carbonyl (C=O) groups excluding carboxylic acids is 1. The smallest absolute Gasteiger partial charge is 0.274 e. The van der Waals surface area contributed by atoms with Crippen molar-refractivity contribution in [1.29, 1.82) is 5.26 Å². The van der Waals surface area contributed by atoms with Gasteiger partial charge < -0.3 is 4.74 Å². The third-order valence-electron chi connectivity index (χ3n) is 3.96. The summed E-state index contributed by atoms with van der Waals surface area (Å²) in [5.41, 5.74) is 3.58. The van der Waals surface area contributed by atoms with Crippen LogP contribution in [0.15, 0.2) is 65.8 Å². The van der Waals surface area contributed by atoms with E-state index in [1.807, 2.05) is 0 Å². The van der Waals surface area contributed by atoms with Crippen LogP contribution in [0.1, 0.15) is 27.0 Å². The molecule has 0 aliphatic rings. The van der Waals surface area contributed by atoms with E-state index in [0.717, 1.165) is 9.64 Å². The van der Waals surface area contributed by atoms with Crippen molar-refractivity contribution in [2.45, 2.75) is 6.61 Å². The average molecular weight is 517 g/mol. The Morgan fingerprint density at radius 3 is 2.70 bits per heavy atom. The second-order valence-corrected chi connectivity index (χ2v) is 7.28. The van der Waals surface area contributed by atoms with E-state index < -0.39 is 11.7 Å². The van der Waals surface area contributed by atoms with Crippen molar-refractivity contribution in [3.8, 4) is 11.8 Å². The molecule has 0 aliphatic carbocycles. The van der Waals surface area contributed by atoms with Crippen LogP contribution in [0.3, 0.4) is 0 Å². The van der Waals surface area contributed by atoms with Crippen molar-refractivity contribution in [2.75, 3.05) is 0 Å². The number of hydrogen-bond acceptors (Lipinski definition) is 4. The van der Waals surface area contributed by atoms with Gasteiger partial charge in [-0.2, -0.15) is 10.4 Å². The van der Waals surface area contributed by atoms with Gasteiger partial charge in [0.1, 0.15) is 24.0 Å². The van der Waals surface area contributed by atoms with Gasteiger partial charge >= 0.3 is 0 Å². The van der Waals surface area contributed by atoms with Crippen LogP contribution in [0.2, 0.25) is 0 Å². The summed E-state index contributed by atoms with van der Waals surface area (Å²) in [6, 6.07) is 16.8. The molecule has 0 radical (unpaired) electrons. The van der Waals surface area contributed by atoms with Gasteiger partial charge in [-0.15, -0.1) is 0 Å². The van der Waals surface area contributed by atoms with Gasteiger partial charge in [0.05, 0.1) is 27.0 Å². The predicted octanol–water partition coefficient (Wildman–Crippen LogP) is 4.78. The molecule has 0 heterocycles. The summed E-state index contributed by atoms with van der Waals surface area (Å²) < 4.78 is 33.6. The predicted molar refractivity (Wildman–Crippen MR) is 116 cm³/mol. The Morgan fingerprint density at radius 1 is 1.17 bits per heavy atom. The molecule has 8 heteroatoms. The fourth-order valence-electron chi connectivity index (χ4n) is 2.50. The van der Waals surface area contributed by atoms with Crippen LogP contribution in [0.4, 0.5) is 8.78 Å². The zero-order valence-corrected chi connectivity index (χ0v) is 17.6. The third kappa shape index (κ3) is 5.61. The lowest BCUT2D eigenvalue weighted by Gasteiger charge is -2.09. The Bertz CT molecular complexity index is 1160. The molecule has 0 atom stereocenters. The number of hydrazone groups is 1. The molecule has 5 nitrogen and oxygen atoms in total. The molecule has 0 bridgehead atoms. The van der Waals surface area contributed by atoms with Crippen molar-refractivity contribution in [3.63, 3.8) is 0 Å². The van der Waals surface area contributed by atoms with Crippen molar-refractivity contribution >= 4 is 34.7 Å². The second kappa shape index (κ2) is 9.93. The molecular formula is C22H14F2IN3O2. The van der Waals surface area contributed by atoms with E-state index in [-0.39, 0.29) is 23.6 Å². The molecule has 3 aromatic carbocycles. The normalized spacial score (nSPS) is 10.6. The Kier molecular flexibility index (Phi) is 7.08. The molecule has 0 aromatic heterocycles. The highest BCUT2D eigenvalue weighted by Gasteiger charge is 2.11. The Balaban J connectivity index is 1.60. The Morgan fingerprint density at radius 2 is 2.00 bits per heavy atom. The van der Waals surface area contributed by atoms with Gasteiger partial charge in [0.25, 0.3) is 5.91 Å². The summed E-state index contributed by atoms with van der Waals surface area (Å²) in [7, 11) is 0. The first kappa shape index (κ1) is 21.4. The van der Waals surface area contributed by atoms with E-state index in [1.54, 1.807) is 36.4 Å². The number of nitriles is 1. The van der Waals surface area contributed by atoms with E-state index in [4.69, 9.17) is 10.00 Å². The minimum Gasteiger partial charge on any atom is -0.488 e. The van der Waals surface area contributed by atoms with Crippen molar-refractivity contribution < 1.29 is 18.3 Å². The fourth-order valence-corrected chi connectivity index (χ4v) is 3.19. The maximum atomic E-state index is 13.9. The molecule has 0 fully saturated rings. The minimum atomic E-state index is -0.795. The first-order valence-corrected chi connectivity index (χ1v) is 9.74. The highest BCUT2D eigenvalue weighted by Crippen LogP contribution is 2.23. The monoisotopic (exact) mass is 517 g/mol. The van der Waals surface area contributed by atoms with Crippen LogP contribution in [0, 0.1) is 26.5 Å². The molecule has 0 aliphatic heterocycles. The van der Waals surface area contributed by atoms with Crippen LogP contribution >= 0.6 is 22.6 Å². The highest BCUT2D eigenvalue weighted by molar-refractivity contribution is 14.1. The van der Waals surface area contributed by atoms with E-state index in [0.29, 0.717) is 16.9 Å².